The zero-order valence-electron chi connectivity index (χ0n) is 18.4. The average Bonchev–Trinajstić information content (AvgIpc) is 2.62. The van der Waals surface area contributed by atoms with E-state index < -0.39 is 46.6 Å². The van der Waals surface area contributed by atoms with Gasteiger partial charge in [-0.05, 0) is 63.3 Å². The van der Waals surface area contributed by atoms with Gasteiger partial charge in [-0.2, -0.15) is 4.39 Å². The summed E-state index contributed by atoms with van der Waals surface area (Å²) in [6, 6.07) is 4.45. The number of methoxy groups -OCH3 is 1. The van der Waals surface area contributed by atoms with Crippen molar-refractivity contribution < 1.29 is 45.7 Å². The van der Waals surface area contributed by atoms with Crippen LogP contribution in [0, 0.1) is 11.6 Å². The number of benzene rings is 2. The van der Waals surface area contributed by atoms with E-state index in [0.29, 0.717) is 11.6 Å². The standard InChI is InChI=1S/C23H23F5O5/c1-22(2,3)33-21(29)17-14(9-8-13(18(17)24)12-6-5-7-12)31-16-11-10-15(32-23(26,27)28)19(25)20(16)30-4/h8-12H,5-7H2,1-4H3. The zero-order valence-corrected chi connectivity index (χ0v) is 18.4. The molecule has 0 saturated heterocycles. The Labute approximate surface area is 187 Å². The summed E-state index contributed by atoms with van der Waals surface area (Å²) in [6.07, 6.45) is -2.65. The number of hydrogen-bond acceptors (Lipinski definition) is 5. The quantitative estimate of drug-likeness (QED) is 0.337. The third-order valence-electron chi connectivity index (χ3n) is 4.96. The molecule has 0 N–H and O–H groups in total. The van der Waals surface area contributed by atoms with E-state index in [0.717, 1.165) is 32.4 Å². The fraction of sp³-hybridized carbons (Fsp3) is 0.435. The number of halogens is 5. The molecule has 1 aliphatic carbocycles. The third kappa shape index (κ3) is 5.66. The summed E-state index contributed by atoms with van der Waals surface area (Å²) in [5.41, 5.74) is -1.10. The van der Waals surface area contributed by atoms with Gasteiger partial charge in [-0.3, -0.25) is 0 Å². The maximum atomic E-state index is 15.4. The molecule has 10 heteroatoms. The molecule has 0 radical (unpaired) electrons. The van der Waals surface area contributed by atoms with E-state index in [1.54, 1.807) is 20.8 Å². The minimum absolute atomic E-state index is 0.0500. The van der Waals surface area contributed by atoms with Crippen molar-refractivity contribution in [1.29, 1.82) is 0 Å². The first kappa shape index (κ1) is 24.6. The van der Waals surface area contributed by atoms with Gasteiger partial charge in [0.1, 0.15) is 22.7 Å². The van der Waals surface area contributed by atoms with Gasteiger partial charge < -0.3 is 18.9 Å². The molecule has 0 amide bonds. The molecule has 0 aliphatic heterocycles. The van der Waals surface area contributed by atoms with Crippen LogP contribution >= 0.6 is 0 Å². The summed E-state index contributed by atoms with van der Waals surface area (Å²) in [5.74, 6) is -5.86. The average molecular weight is 474 g/mol. The van der Waals surface area contributed by atoms with Crippen LogP contribution in [0.5, 0.6) is 23.0 Å². The van der Waals surface area contributed by atoms with Crippen molar-refractivity contribution in [2.45, 2.75) is 57.9 Å². The van der Waals surface area contributed by atoms with Crippen LogP contribution in [0.25, 0.3) is 0 Å². The number of carbonyl (C=O) groups excluding carboxylic acids is 1. The first-order valence-corrected chi connectivity index (χ1v) is 10.2. The molecule has 0 atom stereocenters. The van der Waals surface area contributed by atoms with Crippen LogP contribution in [-0.2, 0) is 4.74 Å². The van der Waals surface area contributed by atoms with E-state index in [1.165, 1.54) is 12.1 Å². The lowest BCUT2D eigenvalue weighted by atomic mass is 9.79. The SMILES string of the molecule is COc1c(Oc2ccc(C3CCC3)c(F)c2C(=O)OC(C)(C)C)ccc(OC(F)(F)F)c1F. The van der Waals surface area contributed by atoms with Crippen LogP contribution in [0.2, 0.25) is 0 Å². The fourth-order valence-electron chi connectivity index (χ4n) is 3.33. The van der Waals surface area contributed by atoms with Crippen LogP contribution in [0.3, 0.4) is 0 Å². The fourth-order valence-corrected chi connectivity index (χ4v) is 3.33. The minimum Gasteiger partial charge on any atom is -0.490 e. The van der Waals surface area contributed by atoms with E-state index in [2.05, 4.69) is 4.74 Å². The van der Waals surface area contributed by atoms with Crippen molar-refractivity contribution in [2.24, 2.45) is 0 Å². The molecule has 33 heavy (non-hydrogen) atoms. The molecule has 0 aromatic heterocycles. The third-order valence-corrected chi connectivity index (χ3v) is 4.96. The number of rotatable bonds is 6. The molecule has 3 rings (SSSR count). The first-order chi connectivity index (χ1) is 15.3. The lowest BCUT2D eigenvalue weighted by Gasteiger charge is -2.28. The summed E-state index contributed by atoms with van der Waals surface area (Å²) in [7, 11) is 1.01. The van der Waals surface area contributed by atoms with Gasteiger partial charge >= 0.3 is 12.3 Å². The minimum atomic E-state index is -5.13. The van der Waals surface area contributed by atoms with Crippen LogP contribution in [0.15, 0.2) is 24.3 Å². The van der Waals surface area contributed by atoms with Gasteiger partial charge in [-0.25, -0.2) is 9.18 Å². The first-order valence-electron chi connectivity index (χ1n) is 10.2. The smallest absolute Gasteiger partial charge is 0.490 e. The Bertz CT molecular complexity index is 1040. The Kier molecular flexibility index (Phi) is 6.76. The molecule has 0 spiro atoms. The van der Waals surface area contributed by atoms with Gasteiger partial charge in [0.05, 0.1) is 7.11 Å². The molecule has 0 unspecified atom stereocenters. The van der Waals surface area contributed by atoms with Crippen molar-refractivity contribution in [2.75, 3.05) is 7.11 Å². The summed E-state index contributed by atoms with van der Waals surface area (Å²) < 4.78 is 86.8. The van der Waals surface area contributed by atoms with E-state index in [4.69, 9.17) is 14.2 Å². The van der Waals surface area contributed by atoms with Crippen molar-refractivity contribution >= 4 is 5.97 Å². The molecule has 2 aromatic rings. The monoisotopic (exact) mass is 474 g/mol. The van der Waals surface area contributed by atoms with E-state index in [-0.39, 0.29) is 17.4 Å². The number of hydrogen-bond donors (Lipinski definition) is 0. The summed E-state index contributed by atoms with van der Waals surface area (Å²) in [5, 5.41) is 0. The molecule has 180 valence electrons. The Balaban J connectivity index is 2.05. The Morgan fingerprint density at radius 1 is 0.939 bits per heavy atom. The maximum Gasteiger partial charge on any atom is 0.573 e. The molecule has 2 aromatic carbocycles. The lowest BCUT2D eigenvalue weighted by Crippen LogP contribution is -2.25. The molecular weight excluding hydrogens is 451 g/mol. The maximum absolute atomic E-state index is 15.4. The number of ether oxygens (including phenoxy) is 4. The highest BCUT2D eigenvalue weighted by molar-refractivity contribution is 5.93. The highest BCUT2D eigenvalue weighted by atomic mass is 19.4. The van der Waals surface area contributed by atoms with E-state index in [9.17, 15) is 22.4 Å². The molecular formula is C23H23F5O5. The van der Waals surface area contributed by atoms with Crippen molar-refractivity contribution in [3.05, 3.63) is 47.0 Å². The summed E-state index contributed by atoms with van der Waals surface area (Å²) in [6.45, 7) is 4.82. The number of carbonyl (C=O) groups is 1. The Morgan fingerprint density at radius 2 is 1.55 bits per heavy atom. The van der Waals surface area contributed by atoms with E-state index >= 15 is 4.39 Å². The van der Waals surface area contributed by atoms with Crippen molar-refractivity contribution in [3.63, 3.8) is 0 Å². The predicted octanol–water partition coefficient (Wildman–Crippen LogP) is 6.89. The molecule has 1 saturated carbocycles. The van der Waals surface area contributed by atoms with Gasteiger partial charge in [0.2, 0.25) is 11.6 Å². The molecule has 0 heterocycles. The Hall–Kier alpha value is -3.04. The molecule has 1 aliphatic rings. The van der Waals surface area contributed by atoms with Crippen LogP contribution in [0.4, 0.5) is 22.0 Å². The summed E-state index contributed by atoms with van der Waals surface area (Å²) in [4.78, 5) is 12.8. The van der Waals surface area contributed by atoms with Crippen molar-refractivity contribution in [1.82, 2.24) is 0 Å². The van der Waals surface area contributed by atoms with Crippen LogP contribution < -0.4 is 14.2 Å². The van der Waals surface area contributed by atoms with Gasteiger partial charge in [-0.15, -0.1) is 13.2 Å². The Morgan fingerprint density at radius 3 is 2.06 bits per heavy atom. The highest BCUT2D eigenvalue weighted by Crippen LogP contribution is 2.44. The van der Waals surface area contributed by atoms with Gasteiger partial charge in [0.15, 0.2) is 11.5 Å². The number of alkyl halides is 3. The molecule has 0 bridgehead atoms. The zero-order chi connectivity index (χ0) is 24.6. The number of esters is 1. The summed E-state index contributed by atoms with van der Waals surface area (Å²) >= 11 is 0. The normalized spacial score (nSPS) is 14.5. The topological polar surface area (TPSA) is 54.0 Å². The molecule has 1 fully saturated rings. The van der Waals surface area contributed by atoms with Gasteiger partial charge in [-0.1, -0.05) is 12.5 Å². The van der Waals surface area contributed by atoms with E-state index in [1.807, 2.05) is 0 Å². The second-order valence-electron chi connectivity index (χ2n) is 8.53. The van der Waals surface area contributed by atoms with Crippen LogP contribution in [0.1, 0.15) is 61.9 Å². The predicted molar refractivity (Wildman–Crippen MR) is 108 cm³/mol. The van der Waals surface area contributed by atoms with Gasteiger partial charge in [0.25, 0.3) is 0 Å². The molecule has 5 nitrogen and oxygen atoms in total. The highest BCUT2D eigenvalue weighted by Gasteiger charge is 2.34. The van der Waals surface area contributed by atoms with Crippen LogP contribution in [-0.4, -0.2) is 25.0 Å². The van der Waals surface area contributed by atoms with Gasteiger partial charge in [0, 0.05) is 0 Å². The second-order valence-corrected chi connectivity index (χ2v) is 8.53. The second kappa shape index (κ2) is 9.07. The largest absolute Gasteiger partial charge is 0.573 e. The lowest BCUT2D eigenvalue weighted by molar-refractivity contribution is -0.275. The van der Waals surface area contributed by atoms with Crippen molar-refractivity contribution in [3.8, 4) is 23.0 Å².